The smallest absolute Gasteiger partial charge is 0.338 e. The Balaban J connectivity index is 1.96. The van der Waals surface area contributed by atoms with Crippen LogP contribution < -0.4 is 9.47 Å². The molecule has 0 radical (unpaired) electrons. The summed E-state index contributed by atoms with van der Waals surface area (Å²) in [5.74, 6) is -1.35. The van der Waals surface area contributed by atoms with E-state index >= 15 is 0 Å². The van der Waals surface area contributed by atoms with E-state index in [0.29, 0.717) is 16.9 Å². The lowest BCUT2D eigenvalue weighted by atomic mass is 10.1. The van der Waals surface area contributed by atoms with Crippen molar-refractivity contribution in [3.05, 3.63) is 72.6 Å². The summed E-state index contributed by atoms with van der Waals surface area (Å²) in [5.41, 5.74) is 1.90. The molecule has 28 heavy (non-hydrogen) atoms. The van der Waals surface area contributed by atoms with Crippen LogP contribution in [0.3, 0.4) is 0 Å². The van der Waals surface area contributed by atoms with E-state index < -0.39 is 17.8 Å². The lowest BCUT2D eigenvalue weighted by Gasteiger charge is -2.09. The van der Waals surface area contributed by atoms with Crippen molar-refractivity contribution in [1.82, 2.24) is 0 Å². The molecule has 0 bridgehead atoms. The lowest BCUT2D eigenvalue weighted by molar-refractivity contribution is -0.139. The maximum atomic E-state index is 14.2. The minimum atomic E-state index is -0.679. The van der Waals surface area contributed by atoms with E-state index in [-0.39, 0.29) is 24.5 Å². The standard InChI is InChI=1S/C22H21FO5/c1-14(2)21(24)27-12-11-26-18-8-5-16(6-9-18)17-7-10-20(19(23)13-17)28-22(25)15(3)4/h5-10,13H,1,3,11-12H2,2,4H3. The Morgan fingerprint density at radius 2 is 1.50 bits per heavy atom. The zero-order valence-electron chi connectivity index (χ0n) is 15.8. The molecule has 0 saturated carbocycles. The Morgan fingerprint density at radius 3 is 2.07 bits per heavy atom. The van der Waals surface area contributed by atoms with Gasteiger partial charge in [-0.05, 0) is 49.2 Å². The summed E-state index contributed by atoms with van der Waals surface area (Å²) in [4.78, 5) is 22.8. The predicted octanol–water partition coefficient (Wildman–Crippen LogP) is 4.47. The average Bonchev–Trinajstić information content (AvgIpc) is 2.66. The van der Waals surface area contributed by atoms with Gasteiger partial charge in [-0.25, -0.2) is 14.0 Å². The Hall–Kier alpha value is -3.41. The fourth-order valence-corrected chi connectivity index (χ4v) is 2.11. The molecule has 0 aromatic heterocycles. The van der Waals surface area contributed by atoms with Gasteiger partial charge in [0.2, 0.25) is 0 Å². The fraction of sp³-hybridized carbons (Fsp3) is 0.182. The molecule has 0 unspecified atom stereocenters. The topological polar surface area (TPSA) is 61.8 Å². The molecule has 0 spiro atoms. The van der Waals surface area contributed by atoms with Gasteiger partial charge in [-0.2, -0.15) is 0 Å². The number of esters is 2. The van der Waals surface area contributed by atoms with E-state index in [1.54, 1.807) is 37.3 Å². The molecule has 0 aliphatic carbocycles. The third-order valence-electron chi connectivity index (χ3n) is 3.60. The van der Waals surface area contributed by atoms with E-state index in [1.807, 2.05) is 0 Å². The number of halogens is 1. The van der Waals surface area contributed by atoms with Crippen LogP contribution in [-0.2, 0) is 14.3 Å². The Labute approximate surface area is 163 Å². The molecule has 2 aromatic carbocycles. The first-order valence-corrected chi connectivity index (χ1v) is 8.51. The van der Waals surface area contributed by atoms with E-state index in [0.717, 1.165) is 5.56 Å². The summed E-state index contributed by atoms with van der Waals surface area (Å²) < 4.78 is 29.5. The van der Waals surface area contributed by atoms with E-state index in [9.17, 15) is 14.0 Å². The molecule has 0 fully saturated rings. The van der Waals surface area contributed by atoms with Crippen LogP contribution in [0, 0.1) is 5.82 Å². The van der Waals surface area contributed by atoms with Gasteiger partial charge in [-0.15, -0.1) is 0 Å². The highest BCUT2D eigenvalue weighted by atomic mass is 19.1. The first-order valence-electron chi connectivity index (χ1n) is 8.51. The highest BCUT2D eigenvalue weighted by Crippen LogP contribution is 2.27. The van der Waals surface area contributed by atoms with E-state index in [4.69, 9.17) is 14.2 Å². The second kappa shape index (κ2) is 9.50. The quantitative estimate of drug-likeness (QED) is 0.291. The van der Waals surface area contributed by atoms with Crippen molar-refractivity contribution in [3.8, 4) is 22.6 Å². The molecule has 0 heterocycles. The van der Waals surface area contributed by atoms with Gasteiger partial charge in [-0.3, -0.25) is 0 Å². The minimum absolute atomic E-state index is 0.114. The van der Waals surface area contributed by atoms with Crippen LogP contribution in [0.2, 0.25) is 0 Å². The van der Waals surface area contributed by atoms with E-state index in [2.05, 4.69) is 13.2 Å². The molecule has 0 N–H and O–H groups in total. The molecule has 0 aliphatic rings. The van der Waals surface area contributed by atoms with Crippen molar-refractivity contribution in [3.63, 3.8) is 0 Å². The molecule has 146 valence electrons. The number of rotatable bonds is 8. The first-order chi connectivity index (χ1) is 13.3. The summed E-state index contributed by atoms with van der Waals surface area (Å²) in [6.45, 7) is 10.3. The van der Waals surface area contributed by atoms with Crippen LogP contribution in [0.25, 0.3) is 11.1 Å². The van der Waals surface area contributed by atoms with Crippen molar-refractivity contribution in [2.24, 2.45) is 0 Å². The minimum Gasteiger partial charge on any atom is -0.490 e. The number of hydrogen-bond acceptors (Lipinski definition) is 5. The Kier molecular flexibility index (Phi) is 7.09. The highest BCUT2D eigenvalue weighted by molar-refractivity contribution is 5.89. The van der Waals surface area contributed by atoms with Crippen LogP contribution >= 0.6 is 0 Å². The van der Waals surface area contributed by atoms with Gasteiger partial charge >= 0.3 is 11.9 Å². The largest absolute Gasteiger partial charge is 0.490 e. The van der Waals surface area contributed by atoms with Crippen molar-refractivity contribution in [2.75, 3.05) is 13.2 Å². The zero-order chi connectivity index (χ0) is 20.7. The van der Waals surface area contributed by atoms with E-state index in [1.165, 1.54) is 19.1 Å². The SMILES string of the molecule is C=C(C)C(=O)OCCOc1ccc(-c2ccc(OC(=O)C(=C)C)c(F)c2)cc1. The highest BCUT2D eigenvalue weighted by Gasteiger charge is 2.11. The third kappa shape index (κ3) is 5.81. The van der Waals surface area contributed by atoms with Crippen LogP contribution in [0.5, 0.6) is 11.5 Å². The molecular formula is C22H21FO5. The van der Waals surface area contributed by atoms with Crippen LogP contribution in [-0.4, -0.2) is 25.2 Å². The fourth-order valence-electron chi connectivity index (χ4n) is 2.11. The molecule has 2 rings (SSSR count). The summed E-state index contributed by atoms with van der Waals surface area (Å²) in [6, 6.07) is 11.3. The molecule has 5 nitrogen and oxygen atoms in total. The molecule has 6 heteroatoms. The van der Waals surface area contributed by atoms with Gasteiger partial charge in [0.25, 0.3) is 0 Å². The number of ether oxygens (including phenoxy) is 3. The number of carbonyl (C=O) groups excluding carboxylic acids is 2. The Bertz CT molecular complexity index is 900. The van der Waals surface area contributed by atoms with Crippen molar-refractivity contribution in [1.29, 1.82) is 0 Å². The number of hydrogen-bond donors (Lipinski definition) is 0. The van der Waals surface area contributed by atoms with Gasteiger partial charge < -0.3 is 14.2 Å². The van der Waals surface area contributed by atoms with Gasteiger partial charge in [0.05, 0.1) is 0 Å². The van der Waals surface area contributed by atoms with Crippen LogP contribution in [0.15, 0.2) is 66.8 Å². The molecule has 0 saturated heterocycles. The third-order valence-corrected chi connectivity index (χ3v) is 3.60. The van der Waals surface area contributed by atoms with Gasteiger partial charge in [-0.1, -0.05) is 31.4 Å². The lowest BCUT2D eigenvalue weighted by Crippen LogP contribution is -2.12. The second-order valence-electron chi connectivity index (χ2n) is 6.10. The first kappa shape index (κ1) is 20.9. The predicted molar refractivity (Wildman–Crippen MR) is 104 cm³/mol. The molecule has 0 aliphatic heterocycles. The molecular weight excluding hydrogens is 363 g/mol. The summed E-state index contributed by atoms with van der Waals surface area (Å²) in [7, 11) is 0. The van der Waals surface area contributed by atoms with Crippen molar-refractivity contribution in [2.45, 2.75) is 13.8 Å². The summed E-state index contributed by atoms with van der Waals surface area (Å²) in [5, 5.41) is 0. The summed E-state index contributed by atoms with van der Waals surface area (Å²) in [6.07, 6.45) is 0. The summed E-state index contributed by atoms with van der Waals surface area (Å²) >= 11 is 0. The number of benzene rings is 2. The van der Waals surface area contributed by atoms with Gasteiger partial charge in [0.15, 0.2) is 11.6 Å². The Morgan fingerprint density at radius 1 is 0.893 bits per heavy atom. The van der Waals surface area contributed by atoms with Crippen LogP contribution in [0.4, 0.5) is 4.39 Å². The molecule has 2 aromatic rings. The normalized spacial score (nSPS) is 10.1. The number of carbonyl (C=O) groups is 2. The zero-order valence-corrected chi connectivity index (χ0v) is 15.8. The van der Waals surface area contributed by atoms with Crippen molar-refractivity contribution < 1.29 is 28.2 Å². The van der Waals surface area contributed by atoms with Crippen LogP contribution in [0.1, 0.15) is 13.8 Å². The van der Waals surface area contributed by atoms with Gasteiger partial charge in [0, 0.05) is 11.1 Å². The monoisotopic (exact) mass is 384 g/mol. The maximum absolute atomic E-state index is 14.2. The molecule has 0 atom stereocenters. The average molecular weight is 384 g/mol. The van der Waals surface area contributed by atoms with Crippen molar-refractivity contribution >= 4 is 11.9 Å². The second-order valence-corrected chi connectivity index (χ2v) is 6.10. The maximum Gasteiger partial charge on any atom is 0.338 e. The van der Waals surface area contributed by atoms with Gasteiger partial charge in [0.1, 0.15) is 19.0 Å². The molecule has 0 amide bonds.